The summed E-state index contributed by atoms with van der Waals surface area (Å²) >= 11 is 15.6. The molecule has 1 unspecified atom stereocenters. The third-order valence-electron chi connectivity index (χ3n) is 3.06. The third-order valence-corrected chi connectivity index (χ3v) is 4.45. The summed E-state index contributed by atoms with van der Waals surface area (Å²) < 4.78 is 2.57. The molecule has 3 nitrogen and oxygen atoms in total. The SMILES string of the molecule is Cc1nn(C)c(Cl)c1CC(N)c1ccc(Cl)cc1Br. The van der Waals surface area contributed by atoms with Crippen molar-refractivity contribution in [3.8, 4) is 0 Å². The van der Waals surface area contributed by atoms with Gasteiger partial charge in [0.15, 0.2) is 0 Å². The molecule has 19 heavy (non-hydrogen) atoms. The Balaban J connectivity index is 2.28. The third kappa shape index (κ3) is 3.14. The predicted molar refractivity (Wildman–Crippen MR) is 82.7 cm³/mol. The lowest BCUT2D eigenvalue weighted by Gasteiger charge is -2.14. The van der Waals surface area contributed by atoms with Gasteiger partial charge in [0.05, 0.1) is 5.69 Å². The molecule has 1 aromatic heterocycles. The maximum absolute atomic E-state index is 6.26. The fourth-order valence-corrected chi connectivity index (χ4v) is 3.27. The quantitative estimate of drug-likeness (QED) is 0.895. The van der Waals surface area contributed by atoms with Gasteiger partial charge in [-0.3, -0.25) is 4.68 Å². The molecule has 2 rings (SSSR count). The molecule has 102 valence electrons. The molecule has 0 amide bonds. The van der Waals surface area contributed by atoms with Gasteiger partial charge >= 0.3 is 0 Å². The van der Waals surface area contributed by atoms with Gasteiger partial charge in [-0.15, -0.1) is 0 Å². The van der Waals surface area contributed by atoms with E-state index in [-0.39, 0.29) is 6.04 Å². The summed E-state index contributed by atoms with van der Waals surface area (Å²) in [7, 11) is 1.82. The molecular formula is C13H14BrCl2N3. The van der Waals surface area contributed by atoms with Crippen LogP contribution in [0.4, 0.5) is 0 Å². The van der Waals surface area contributed by atoms with Gasteiger partial charge in [0.1, 0.15) is 5.15 Å². The van der Waals surface area contributed by atoms with E-state index in [4.69, 9.17) is 28.9 Å². The van der Waals surface area contributed by atoms with E-state index in [1.54, 1.807) is 4.68 Å². The number of rotatable bonds is 3. The van der Waals surface area contributed by atoms with E-state index in [9.17, 15) is 0 Å². The van der Waals surface area contributed by atoms with Crippen molar-refractivity contribution in [1.29, 1.82) is 0 Å². The Bertz CT molecular complexity index is 610. The summed E-state index contributed by atoms with van der Waals surface area (Å²) in [4.78, 5) is 0. The summed E-state index contributed by atoms with van der Waals surface area (Å²) in [5, 5.41) is 5.61. The Labute approximate surface area is 130 Å². The standard InChI is InChI=1S/C13H14BrCl2N3/c1-7-10(13(16)19(2)18-7)6-12(17)9-4-3-8(15)5-11(9)14/h3-5,12H,6,17H2,1-2H3. The van der Waals surface area contributed by atoms with E-state index in [1.165, 1.54) is 0 Å². The van der Waals surface area contributed by atoms with Crippen LogP contribution in [0, 0.1) is 6.92 Å². The van der Waals surface area contributed by atoms with E-state index >= 15 is 0 Å². The van der Waals surface area contributed by atoms with Crippen LogP contribution in [0.2, 0.25) is 10.2 Å². The number of hydrogen-bond acceptors (Lipinski definition) is 2. The van der Waals surface area contributed by atoms with Crippen LogP contribution < -0.4 is 5.73 Å². The molecule has 0 bridgehead atoms. The Kier molecular flexibility index (Phi) is 4.56. The fraction of sp³-hybridized carbons (Fsp3) is 0.308. The number of nitrogens with zero attached hydrogens (tertiary/aromatic N) is 2. The van der Waals surface area contributed by atoms with Gasteiger partial charge in [0.25, 0.3) is 0 Å². The number of aryl methyl sites for hydroxylation is 2. The molecule has 0 saturated heterocycles. The molecule has 6 heteroatoms. The minimum absolute atomic E-state index is 0.160. The number of halogens is 3. The largest absolute Gasteiger partial charge is 0.324 e. The van der Waals surface area contributed by atoms with Crippen molar-refractivity contribution in [2.24, 2.45) is 12.8 Å². The van der Waals surface area contributed by atoms with E-state index < -0.39 is 0 Å². The smallest absolute Gasteiger partial charge is 0.130 e. The molecule has 2 aromatic rings. The summed E-state index contributed by atoms with van der Waals surface area (Å²) in [5.74, 6) is 0. The maximum atomic E-state index is 6.26. The zero-order chi connectivity index (χ0) is 14.2. The summed E-state index contributed by atoms with van der Waals surface area (Å²) in [6, 6.07) is 5.44. The Hall–Kier alpha value is -0.550. The molecule has 2 N–H and O–H groups in total. The lowest BCUT2D eigenvalue weighted by molar-refractivity contribution is 0.715. The monoisotopic (exact) mass is 361 g/mol. The second kappa shape index (κ2) is 5.83. The van der Waals surface area contributed by atoms with Crippen molar-refractivity contribution < 1.29 is 0 Å². The lowest BCUT2D eigenvalue weighted by Crippen LogP contribution is -2.14. The molecule has 0 spiro atoms. The first-order valence-electron chi connectivity index (χ1n) is 5.78. The minimum atomic E-state index is -0.160. The molecule has 0 fully saturated rings. The van der Waals surface area contributed by atoms with Crippen molar-refractivity contribution in [3.05, 3.63) is 49.7 Å². The highest BCUT2D eigenvalue weighted by Gasteiger charge is 2.17. The first-order chi connectivity index (χ1) is 8.90. The molecule has 1 aromatic carbocycles. The van der Waals surface area contributed by atoms with Crippen LogP contribution in [-0.4, -0.2) is 9.78 Å². The second-order valence-electron chi connectivity index (χ2n) is 4.45. The number of benzene rings is 1. The van der Waals surface area contributed by atoms with Crippen LogP contribution in [-0.2, 0) is 13.5 Å². The summed E-state index contributed by atoms with van der Waals surface area (Å²) in [5.41, 5.74) is 9.15. The number of hydrogen-bond donors (Lipinski definition) is 1. The Morgan fingerprint density at radius 2 is 2.11 bits per heavy atom. The average molecular weight is 363 g/mol. The van der Waals surface area contributed by atoms with Crippen molar-refractivity contribution in [2.75, 3.05) is 0 Å². The summed E-state index contributed by atoms with van der Waals surface area (Å²) in [6.45, 7) is 1.94. The van der Waals surface area contributed by atoms with Crippen LogP contribution in [0.1, 0.15) is 22.9 Å². The maximum Gasteiger partial charge on any atom is 0.130 e. The minimum Gasteiger partial charge on any atom is -0.324 e. The molecule has 1 atom stereocenters. The first-order valence-corrected chi connectivity index (χ1v) is 7.33. The normalized spacial score (nSPS) is 12.7. The van der Waals surface area contributed by atoms with E-state index in [0.29, 0.717) is 16.6 Å². The van der Waals surface area contributed by atoms with Crippen LogP contribution in [0.5, 0.6) is 0 Å². The molecule has 0 aliphatic carbocycles. The zero-order valence-corrected chi connectivity index (χ0v) is 13.7. The van der Waals surface area contributed by atoms with Crippen LogP contribution in [0.15, 0.2) is 22.7 Å². The van der Waals surface area contributed by atoms with Crippen molar-refractivity contribution in [1.82, 2.24) is 9.78 Å². The fourth-order valence-electron chi connectivity index (χ4n) is 2.04. The van der Waals surface area contributed by atoms with E-state index in [2.05, 4.69) is 21.0 Å². The van der Waals surface area contributed by atoms with Gasteiger partial charge < -0.3 is 5.73 Å². The van der Waals surface area contributed by atoms with E-state index in [0.717, 1.165) is 21.3 Å². The highest BCUT2D eigenvalue weighted by atomic mass is 79.9. The second-order valence-corrected chi connectivity index (χ2v) is 6.10. The van der Waals surface area contributed by atoms with Gasteiger partial charge in [-0.1, -0.05) is 45.2 Å². The van der Waals surface area contributed by atoms with E-state index in [1.807, 2.05) is 32.2 Å². The summed E-state index contributed by atoms with van der Waals surface area (Å²) in [6.07, 6.45) is 0.638. The van der Waals surface area contributed by atoms with Gasteiger partial charge in [0.2, 0.25) is 0 Å². The van der Waals surface area contributed by atoms with Gasteiger partial charge in [-0.2, -0.15) is 5.10 Å². The van der Waals surface area contributed by atoms with Crippen molar-refractivity contribution >= 4 is 39.1 Å². The number of aromatic nitrogens is 2. The highest BCUT2D eigenvalue weighted by Crippen LogP contribution is 2.30. The number of nitrogens with two attached hydrogens (primary N) is 1. The zero-order valence-electron chi connectivity index (χ0n) is 10.6. The Morgan fingerprint density at radius 1 is 1.42 bits per heavy atom. The lowest BCUT2D eigenvalue weighted by atomic mass is 10.0. The van der Waals surface area contributed by atoms with Gasteiger partial charge in [-0.25, -0.2) is 0 Å². The van der Waals surface area contributed by atoms with Crippen LogP contribution in [0.3, 0.4) is 0 Å². The average Bonchev–Trinajstić information content (AvgIpc) is 2.56. The molecule has 0 aliphatic rings. The van der Waals surface area contributed by atoms with Crippen molar-refractivity contribution in [2.45, 2.75) is 19.4 Å². The molecule has 1 heterocycles. The highest BCUT2D eigenvalue weighted by molar-refractivity contribution is 9.10. The molecular weight excluding hydrogens is 349 g/mol. The molecule has 0 aliphatic heterocycles. The van der Waals surface area contributed by atoms with Gasteiger partial charge in [0, 0.05) is 28.1 Å². The van der Waals surface area contributed by atoms with Crippen LogP contribution >= 0.6 is 39.1 Å². The first kappa shape index (κ1) is 14.9. The predicted octanol–water partition coefficient (Wildman–Crippen LogP) is 4.04. The molecule has 0 saturated carbocycles. The molecule has 0 radical (unpaired) electrons. The Morgan fingerprint density at radius 3 is 2.63 bits per heavy atom. The van der Waals surface area contributed by atoms with Crippen LogP contribution in [0.25, 0.3) is 0 Å². The van der Waals surface area contributed by atoms with Crippen molar-refractivity contribution in [3.63, 3.8) is 0 Å². The van der Waals surface area contributed by atoms with Gasteiger partial charge in [-0.05, 0) is 31.0 Å². The topological polar surface area (TPSA) is 43.8 Å².